The molecule has 0 aliphatic heterocycles. The molecule has 0 heterocycles. The molecule has 1 aromatic rings. The third-order valence-corrected chi connectivity index (χ3v) is 4.88. The van der Waals surface area contributed by atoms with Crippen molar-refractivity contribution in [3.63, 3.8) is 0 Å². The lowest BCUT2D eigenvalue weighted by Crippen LogP contribution is -2.52. The molecule has 0 saturated heterocycles. The van der Waals surface area contributed by atoms with Crippen LogP contribution in [0.4, 0.5) is 0 Å². The number of benzene rings is 1. The van der Waals surface area contributed by atoms with Crippen molar-refractivity contribution in [2.75, 3.05) is 21.1 Å². The van der Waals surface area contributed by atoms with Crippen molar-refractivity contribution in [3.8, 4) is 0 Å². The Kier molecular flexibility index (Phi) is 5.84. The Bertz CT molecular complexity index is 411. The van der Waals surface area contributed by atoms with Gasteiger partial charge in [-0.25, -0.2) is 0 Å². The predicted molar refractivity (Wildman–Crippen MR) is 85.0 cm³/mol. The van der Waals surface area contributed by atoms with Gasteiger partial charge in [0.2, 0.25) is 0 Å². The normalized spacial score (nSPS) is 13.9. The van der Waals surface area contributed by atoms with Gasteiger partial charge in [0.15, 0.2) is 0 Å². The molecule has 0 aliphatic carbocycles. The number of nitrogens with one attached hydrogen (secondary N) is 1. The second-order valence-electron chi connectivity index (χ2n) is 5.44. The smallest absolute Gasteiger partial charge is 0.0504 e. The molecule has 108 valence electrons. The van der Waals surface area contributed by atoms with Crippen molar-refractivity contribution < 1.29 is 0 Å². The van der Waals surface area contributed by atoms with Gasteiger partial charge in [0, 0.05) is 10.6 Å². The minimum atomic E-state index is 0.105. The van der Waals surface area contributed by atoms with E-state index < -0.39 is 0 Å². The summed E-state index contributed by atoms with van der Waals surface area (Å²) >= 11 is 6.29. The first-order valence-electron chi connectivity index (χ1n) is 7.03. The maximum absolute atomic E-state index is 6.29. The fraction of sp³-hybridized carbons (Fsp3) is 0.625. The second-order valence-corrected chi connectivity index (χ2v) is 5.84. The lowest BCUT2D eigenvalue weighted by molar-refractivity contribution is 0.0918. The summed E-state index contributed by atoms with van der Waals surface area (Å²) in [6, 6.07) is 6.66. The average molecular weight is 283 g/mol. The Morgan fingerprint density at radius 3 is 2.21 bits per heavy atom. The molecular formula is C16H27ClN2. The van der Waals surface area contributed by atoms with Crippen LogP contribution in [0.5, 0.6) is 0 Å². The monoisotopic (exact) mass is 282 g/mol. The fourth-order valence-electron chi connectivity index (χ4n) is 3.08. The molecule has 1 rings (SSSR count). The Morgan fingerprint density at radius 2 is 1.84 bits per heavy atom. The van der Waals surface area contributed by atoms with E-state index >= 15 is 0 Å². The van der Waals surface area contributed by atoms with Gasteiger partial charge >= 0.3 is 0 Å². The molecule has 0 amide bonds. The Balaban J connectivity index is 3.27. The summed E-state index contributed by atoms with van der Waals surface area (Å²) in [7, 11) is 6.35. The minimum Gasteiger partial charge on any atom is -0.311 e. The molecule has 2 nitrogen and oxygen atoms in total. The van der Waals surface area contributed by atoms with Crippen LogP contribution in [0.25, 0.3) is 0 Å². The van der Waals surface area contributed by atoms with Crippen molar-refractivity contribution in [2.45, 2.75) is 45.2 Å². The Labute approximate surface area is 123 Å². The average Bonchev–Trinajstić information content (AvgIpc) is 2.39. The third-order valence-electron chi connectivity index (χ3n) is 4.47. The standard InChI is InChI=1S/C16H27ClN2/c1-7-16(8-2,19(5)6)15(18-4)13-10-9-12(3)14(17)11-13/h9-11,15,18H,7-8H2,1-6H3. The van der Waals surface area contributed by atoms with Gasteiger partial charge in [-0.3, -0.25) is 0 Å². The van der Waals surface area contributed by atoms with Crippen LogP contribution in [0.2, 0.25) is 5.02 Å². The van der Waals surface area contributed by atoms with Gasteiger partial charge < -0.3 is 10.2 Å². The van der Waals surface area contributed by atoms with E-state index in [4.69, 9.17) is 11.6 Å². The molecule has 0 bridgehead atoms. The van der Waals surface area contributed by atoms with E-state index in [9.17, 15) is 0 Å². The van der Waals surface area contributed by atoms with Gasteiger partial charge in [0.1, 0.15) is 0 Å². The molecule has 1 unspecified atom stereocenters. The van der Waals surface area contributed by atoms with E-state index in [1.54, 1.807) is 0 Å². The summed E-state index contributed by atoms with van der Waals surface area (Å²) in [5.41, 5.74) is 2.49. The highest BCUT2D eigenvalue weighted by Gasteiger charge is 2.37. The molecule has 1 N–H and O–H groups in total. The lowest BCUT2D eigenvalue weighted by atomic mass is 9.79. The number of rotatable bonds is 6. The van der Waals surface area contributed by atoms with Gasteiger partial charge in [-0.1, -0.05) is 37.6 Å². The first kappa shape index (κ1) is 16.5. The van der Waals surface area contributed by atoms with Crippen LogP contribution in [0.1, 0.15) is 43.9 Å². The summed E-state index contributed by atoms with van der Waals surface area (Å²) in [5.74, 6) is 0. The van der Waals surface area contributed by atoms with Gasteiger partial charge in [-0.15, -0.1) is 0 Å². The van der Waals surface area contributed by atoms with Crippen molar-refractivity contribution in [3.05, 3.63) is 34.3 Å². The van der Waals surface area contributed by atoms with Crippen LogP contribution in [0, 0.1) is 6.92 Å². The first-order valence-corrected chi connectivity index (χ1v) is 7.41. The van der Waals surface area contributed by atoms with E-state index in [0.717, 1.165) is 23.4 Å². The quantitative estimate of drug-likeness (QED) is 0.847. The molecule has 0 spiro atoms. The number of hydrogen-bond acceptors (Lipinski definition) is 2. The number of halogens is 1. The molecule has 19 heavy (non-hydrogen) atoms. The Hall–Kier alpha value is -0.570. The highest BCUT2D eigenvalue weighted by molar-refractivity contribution is 6.31. The zero-order valence-corrected chi connectivity index (χ0v) is 13.8. The number of aryl methyl sites for hydroxylation is 1. The van der Waals surface area contributed by atoms with E-state index in [2.05, 4.69) is 56.4 Å². The molecule has 0 fully saturated rings. The van der Waals surface area contributed by atoms with Gasteiger partial charge in [0.25, 0.3) is 0 Å². The molecule has 1 atom stereocenters. The third kappa shape index (κ3) is 3.13. The topological polar surface area (TPSA) is 15.3 Å². The summed E-state index contributed by atoms with van der Waals surface area (Å²) in [4.78, 5) is 2.34. The second kappa shape index (κ2) is 6.74. The van der Waals surface area contributed by atoms with Crippen LogP contribution in [-0.2, 0) is 0 Å². The first-order chi connectivity index (χ1) is 8.92. The Morgan fingerprint density at radius 1 is 1.26 bits per heavy atom. The van der Waals surface area contributed by atoms with Crippen molar-refractivity contribution in [2.24, 2.45) is 0 Å². The molecule has 3 heteroatoms. The predicted octanol–water partition coefficient (Wildman–Crippen LogP) is 4.03. The zero-order valence-electron chi connectivity index (χ0n) is 13.0. The SMILES string of the molecule is CCC(CC)(C(NC)c1ccc(C)c(Cl)c1)N(C)C. The van der Waals surface area contributed by atoms with Crippen LogP contribution in [0.15, 0.2) is 18.2 Å². The van der Waals surface area contributed by atoms with Gasteiger partial charge in [0.05, 0.1) is 6.04 Å². The summed E-state index contributed by atoms with van der Waals surface area (Å²) in [6.07, 6.45) is 2.18. The highest BCUT2D eigenvalue weighted by Crippen LogP contribution is 2.36. The van der Waals surface area contributed by atoms with Crippen LogP contribution < -0.4 is 5.32 Å². The minimum absolute atomic E-state index is 0.105. The van der Waals surface area contributed by atoms with Gasteiger partial charge in [-0.2, -0.15) is 0 Å². The fourth-order valence-corrected chi connectivity index (χ4v) is 3.27. The van der Waals surface area contributed by atoms with Crippen LogP contribution in [0.3, 0.4) is 0 Å². The van der Waals surface area contributed by atoms with Gasteiger partial charge in [-0.05, 0) is 58.1 Å². The summed E-state index contributed by atoms with van der Waals surface area (Å²) < 4.78 is 0. The summed E-state index contributed by atoms with van der Waals surface area (Å²) in [5, 5.41) is 4.33. The van der Waals surface area contributed by atoms with E-state index in [1.165, 1.54) is 5.56 Å². The van der Waals surface area contributed by atoms with Crippen molar-refractivity contribution in [1.29, 1.82) is 0 Å². The molecule has 0 aromatic heterocycles. The summed E-state index contributed by atoms with van der Waals surface area (Å²) in [6.45, 7) is 6.55. The molecule has 0 aliphatic rings. The van der Waals surface area contributed by atoms with Crippen molar-refractivity contribution >= 4 is 11.6 Å². The van der Waals surface area contributed by atoms with E-state index in [1.807, 2.05) is 14.0 Å². The van der Waals surface area contributed by atoms with Crippen LogP contribution >= 0.6 is 11.6 Å². The number of nitrogens with zero attached hydrogens (tertiary/aromatic N) is 1. The number of hydrogen-bond donors (Lipinski definition) is 1. The lowest BCUT2D eigenvalue weighted by Gasteiger charge is -2.45. The molecule has 0 radical (unpaired) electrons. The van der Waals surface area contributed by atoms with E-state index in [-0.39, 0.29) is 11.6 Å². The maximum atomic E-state index is 6.29. The van der Waals surface area contributed by atoms with Crippen molar-refractivity contribution in [1.82, 2.24) is 10.2 Å². The highest BCUT2D eigenvalue weighted by atomic mass is 35.5. The molecular weight excluding hydrogens is 256 g/mol. The van der Waals surface area contributed by atoms with Crippen LogP contribution in [-0.4, -0.2) is 31.6 Å². The van der Waals surface area contributed by atoms with E-state index in [0.29, 0.717) is 0 Å². The number of likely N-dealkylation sites (N-methyl/N-ethyl adjacent to an activating group) is 2. The maximum Gasteiger partial charge on any atom is 0.0504 e. The molecule has 0 saturated carbocycles. The largest absolute Gasteiger partial charge is 0.311 e. The molecule has 1 aromatic carbocycles. The zero-order chi connectivity index (χ0) is 14.6.